The molecule has 0 aromatic rings. The van der Waals surface area contributed by atoms with Crippen LogP contribution in [0, 0.1) is 5.92 Å². The van der Waals surface area contributed by atoms with Crippen LogP contribution in [-0.2, 0) is 0 Å². The standard InChI is InChI=1S/C12H25NO/c1-4-10(9(2)3)13-11-7-5-6-8-12(11)14/h9-14H,4-8H2,1-3H3. The first-order chi connectivity index (χ1) is 6.65. The molecule has 0 spiro atoms. The zero-order valence-electron chi connectivity index (χ0n) is 9.79. The number of hydrogen-bond donors (Lipinski definition) is 2. The summed E-state index contributed by atoms with van der Waals surface area (Å²) >= 11 is 0. The van der Waals surface area contributed by atoms with Gasteiger partial charge in [-0.05, 0) is 25.2 Å². The molecule has 1 aliphatic carbocycles. The van der Waals surface area contributed by atoms with Gasteiger partial charge in [-0.3, -0.25) is 0 Å². The molecule has 0 amide bonds. The van der Waals surface area contributed by atoms with Gasteiger partial charge < -0.3 is 10.4 Å². The van der Waals surface area contributed by atoms with Crippen LogP contribution in [0.5, 0.6) is 0 Å². The molecule has 1 fully saturated rings. The van der Waals surface area contributed by atoms with Crippen molar-refractivity contribution in [2.24, 2.45) is 5.92 Å². The minimum Gasteiger partial charge on any atom is -0.392 e. The Morgan fingerprint density at radius 2 is 1.93 bits per heavy atom. The van der Waals surface area contributed by atoms with E-state index in [4.69, 9.17) is 0 Å². The second-order valence-electron chi connectivity index (χ2n) is 4.88. The lowest BCUT2D eigenvalue weighted by Crippen LogP contribution is -2.48. The molecule has 0 radical (unpaired) electrons. The quantitative estimate of drug-likeness (QED) is 0.728. The molecule has 0 saturated heterocycles. The maximum atomic E-state index is 9.83. The molecule has 2 nitrogen and oxygen atoms in total. The van der Waals surface area contributed by atoms with Gasteiger partial charge in [0, 0.05) is 12.1 Å². The summed E-state index contributed by atoms with van der Waals surface area (Å²) < 4.78 is 0. The minimum atomic E-state index is -0.114. The fourth-order valence-corrected chi connectivity index (χ4v) is 2.36. The molecule has 1 saturated carbocycles. The zero-order chi connectivity index (χ0) is 10.6. The van der Waals surface area contributed by atoms with Crippen molar-refractivity contribution >= 4 is 0 Å². The Bertz CT molecular complexity index is 158. The number of hydrogen-bond acceptors (Lipinski definition) is 2. The SMILES string of the molecule is CCC(NC1CCCCC1O)C(C)C. The first kappa shape index (κ1) is 12.0. The summed E-state index contributed by atoms with van der Waals surface area (Å²) in [6.07, 6.45) is 5.62. The Kier molecular flexibility index (Phi) is 4.90. The molecule has 0 aromatic carbocycles. The third-order valence-corrected chi connectivity index (χ3v) is 3.40. The summed E-state index contributed by atoms with van der Waals surface area (Å²) in [6, 6.07) is 0.906. The van der Waals surface area contributed by atoms with Crippen molar-refractivity contribution in [3.63, 3.8) is 0 Å². The van der Waals surface area contributed by atoms with Gasteiger partial charge in [0.15, 0.2) is 0 Å². The minimum absolute atomic E-state index is 0.114. The van der Waals surface area contributed by atoms with Crippen molar-refractivity contribution in [2.45, 2.75) is 71.1 Å². The van der Waals surface area contributed by atoms with Crippen molar-refractivity contribution < 1.29 is 5.11 Å². The van der Waals surface area contributed by atoms with E-state index in [1.807, 2.05) is 0 Å². The van der Waals surface area contributed by atoms with E-state index >= 15 is 0 Å². The lowest BCUT2D eigenvalue weighted by molar-refractivity contribution is 0.0806. The van der Waals surface area contributed by atoms with Crippen LogP contribution in [0.4, 0.5) is 0 Å². The molecule has 1 rings (SSSR count). The van der Waals surface area contributed by atoms with Crippen LogP contribution in [0.25, 0.3) is 0 Å². The summed E-state index contributed by atoms with van der Waals surface area (Å²) in [7, 11) is 0. The van der Waals surface area contributed by atoms with E-state index in [1.54, 1.807) is 0 Å². The maximum Gasteiger partial charge on any atom is 0.0693 e. The Hall–Kier alpha value is -0.0800. The largest absolute Gasteiger partial charge is 0.392 e. The molecule has 0 bridgehead atoms. The van der Waals surface area contributed by atoms with E-state index in [0.29, 0.717) is 18.0 Å². The second kappa shape index (κ2) is 5.72. The molecule has 0 aliphatic heterocycles. The van der Waals surface area contributed by atoms with Crippen molar-refractivity contribution in [3.05, 3.63) is 0 Å². The lowest BCUT2D eigenvalue weighted by Gasteiger charge is -2.33. The van der Waals surface area contributed by atoms with Gasteiger partial charge in [-0.15, -0.1) is 0 Å². The number of aliphatic hydroxyl groups is 1. The van der Waals surface area contributed by atoms with Gasteiger partial charge in [0.25, 0.3) is 0 Å². The number of rotatable bonds is 4. The molecule has 2 N–H and O–H groups in total. The van der Waals surface area contributed by atoms with Crippen LogP contribution in [-0.4, -0.2) is 23.3 Å². The average Bonchev–Trinajstić information content (AvgIpc) is 2.16. The molecular weight excluding hydrogens is 174 g/mol. The van der Waals surface area contributed by atoms with Gasteiger partial charge in [0.1, 0.15) is 0 Å². The first-order valence-corrected chi connectivity index (χ1v) is 6.09. The fourth-order valence-electron chi connectivity index (χ4n) is 2.36. The second-order valence-corrected chi connectivity index (χ2v) is 4.88. The Balaban J connectivity index is 2.39. The highest BCUT2D eigenvalue weighted by atomic mass is 16.3. The Labute approximate surface area is 88.1 Å². The molecule has 2 heteroatoms. The van der Waals surface area contributed by atoms with E-state index in [1.165, 1.54) is 12.8 Å². The summed E-state index contributed by atoms with van der Waals surface area (Å²) in [6.45, 7) is 6.71. The monoisotopic (exact) mass is 199 g/mol. The molecule has 0 aromatic heterocycles. The molecule has 3 atom stereocenters. The lowest BCUT2D eigenvalue weighted by atomic mass is 9.90. The molecular formula is C12H25NO. The normalized spacial score (nSPS) is 30.6. The van der Waals surface area contributed by atoms with E-state index < -0.39 is 0 Å². The predicted octanol–water partition coefficient (Wildman–Crippen LogP) is 2.31. The summed E-state index contributed by atoms with van der Waals surface area (Å²) in [4.78, 5) is 0. The summed E-state index contributed by atoms with van der Waals surface area (Å²) in [5.41, 5.74) is 0. The van der Waals surface area contributed by atoms with Crippen molar-refractivity contribution in [1.29, 1.82) is 0 Å². The topological polar surface area (TPSA) is 32.3 Å². The molecule has 14 heavy (non-hydrogen) atoms. The summed E-state index contributed by atoms with van der Waals surface area (Å²) in [5.74, 6) is 0.661. The highest BCUT2D eigenvalue weighted by Crippen LogP contribution is 2.20. The molecule has 3 unspecified atom stereocenters. The van der Waals surface area contributed by atoms with E-state index in [-0.39, 0.29) is 6.10 Å². The maximum absolute atomic E-state index is 9.83. The highest BCUT2D eigenvalue weighted by molar-refractivity contribution is 4.84. The van der Waals surface area contributed by atoms with Gasteiger partial charge >= 0.3 is 0 Å². The van der Waals surface area contributed by atoms with Crippen molar-refractivity contribution in [2.75, 3.05) is 0 Å². The molecule has 1 aliphatic rings. The predicted molar refractivity (Wildman–Crippen MR) is 60.3 cm³/mol. The van der Waals surface area contributed by atoms with Crippen LogP contribution in [0.3, 0.4) is 0 Å². The molecule has 0 heterocycles. The van der Waals surface area contributed by atoms with Crippen molar-refractivity contribution in [3.8, 4) is 0 Å². The van der Waals surface area contributed by atoms with E-state index in [0.717, 1.165) is 19.3 Å². The van der Waals surface area contributed by atoms with Gasteiger partial charge in [-0.25, -0.2) is 0 Å². The van der Waals surface area contributed by atoms with Crippen LogP contribution < -0.4 is 5.32 Å². The smallest absolute Gasteiger partial charge is 0.0693 e. The Morgan fingerprint density at radius 3 is 2.43 bits per heavy atom. The third-order valence-electron chi connectivity index (χ3n) is 3.40. The first-order valence-electron chi connectivity index (χ1n) is 6.09. The highest BCUT2D eigenvalue weighted by Gasteiger charge is 2.25. The van der Waals surface area contributed by atoms with Gasteiger partial charge in [-0.1, -0.05) is 33.6 Å². The van der Waals surface area contributed by atoms with E-state index in [2.05, 4.69) is 26.1 Å². The number of aliphatic hydroxyl groups excluding tert-OH is 1. The summed E-state index contributed by atoms with van der Waals surface area (Å²) in [5, 5.41) is 13.4. The zero-order valence-corrected chi connectivity index (χ0v) is 9.79. The number of nitrogens with one attached hydrogen (secondary N) is 1. The fraction of sp³-hybridized carbons (Fsp3) is 1.00. The van der Waals surface area contributed by atoms with Gasteiger partial charge in [-0.2, -0.15) is 0 Å². The van der Waals surface area contributed by atoms with Gasteiger partial charge in [0.05, 0.1) is 6.10 Å². The van der Waals surface area contributed by atoms with Crippen LogP contribution in [0.1, 0.15) is 52.9 Å². The van der Waals surface area contributed by atoms with Gasteiger partial charge in [0.2, 0.25) is 0 Å². The van der Waals surface area contributed by atoms with E-state index in [9.17, 15) is 5.11 Å². The third kappa shape index (κ3) is 3.25. The Morgan fingerprint density at radius 1 is 1.29 bits per heavy atom. The molecule has 84 valence electrons. The van der Waals surface area contributed by atoms with Crippen LogP contribution in [0.15, 0.2) is 0 Å². The van der Waals surface area contributed by atoms with Crippen LogP contribution in [0.2, 0.25) is 0 Å². The average molecular weight is 199 g/mol. The van der Waals surface area contributed by atoms with Crippen LogP contribution >= 0.6 is 0 Å². The van der Waals surface area contributed by atoms with Crippen molar-refractivity contribution in [1.82, 2.24) is 5.32 Å².